The first kappa shape index (κ1) is 14.9. The van der Waals surface area contributed by atoms with Crippen LogP contribution in [0.5, 0.6) is 0 Å². The van der Waals surface area contributed by atoms with Crippen molar-refractivity contribution >= 4 is 17.9 Å². The number of carbonyl (C=O) groups is 3. The number of nitrogens with one attached hydrogen (secondary N) is 1. The minimum atomic E-state index is -1.15. The molecule has 21 heavy (non-hydrogen) atoms. The molecular formula is C13H17N3O5. The molecular weight excluding hydrogens is 278 g/mol. The number of amides is 3. The van der Waals surface area contributed by atoms with Crippen LogP contribution in [0.3, 0.4) is 0 Å². The number of urea groups is 1. The van der Waals surface area contributed by atoms with Crippen molar-refractivity contribution < 1.29 is 23.9 Å². The Morgan fingerprint density at radius 2 is 1.81 bits per heavy atom. The van der Waals surface area contributed by atoms with Gasteiger partial charge in [-0.2, -0.15) is 0 Å². The average Bonchev–Trinajstić information content (AvgIpc) is 2.94. The number of carboxylic acid groups (broad SMARTS) is 1. The van der Waals surface area contributed by atoms with E-state index in [0.717, 1.165) is 0 Å². The van der Waals surface area contributed by atoms with Crippen LogP contribution in [0, 0.1) is 0 Å². The number of nitrogens with zero attached hydrogens (tertiary/aromatic N) is 2. The van der Waals surface area contributed by atoms with Crippen LogP contribution in [-0.2, 0) is 11.3 Å². The number of hydrogen-bond acceptors (Lipinski definition) is 4. The monoisotopic (exact) mass is 295 g/mol. The van der Waals surface area contributed by atoms with E-state index in [1.165, 1.54) is 19.1 Å². The number of aromatic carboxylic acids is 1. The lowest BCUT2D eigenvalue weighted by Gasteiger charge is -2.34. The molecule has 1 aliphatic heterocycles. The molecule has 1 aromatic heterocycles. The fourth-order valence-electron chi connectivity index (χ4n) is 2.09. The Hall–Kier alpha value is -2.51. The maximum atomic E-state index is 11.9. The zero-order valence-electron chi connectivity index (χ0n) is 11.7. The Labute approximate surface area is 121 Å². The highest BCUT2D eigenvalue weighted by Crippen LogP contribution is 2.08. The zero-order valence-corrected chi connectivity index (χ0v) is 11.7. The largest absolute Gasteiger partial charge is 0.475 e. The number of rotatable bonds is 3. The summed E-state index contributed by atoms with van der Waals surface area (Å²) in [4.78, 5) is 37.1. The van der Waals surface area contributed by atoms with Crippen molar-refractivity contribution in [2.75, 3.05) is 26.2 Å². The molecule has 0 saturated carbocycles. The first-order chi connectivity index (χ1) is 9.97. The fraction of sp³-hybridized carbons (Fsp3) is 0.462. The predicted molar refractivity (Wildman–Crippen MR) is 71.7 cm³/mol. The minimum absolute atomic E-state index is 0.00634. The Morgan fingerprint density at radius 3 is 2.33 bits per heavy atom. The standard InChI is InChI=1S/C13H17N3O5/c1-9(17)15-4-6-16(7-5-15)13(20)14-8-10-2-3-11(21-10)12(18)19/h2-3H,4-8H2,1H3,(H,14,20)(H,18,19). The van der Waals surface area contributed by atoms with Crippen LogP contribution in [0.2, 0.25) is 0 Å². The maximum absolute atomic E-state index is 11.9. The van der Waals surface area contributed by atoms with Gasteiger partial charge in [-0.3, -0.25) is 4.79 Å². The van der Waals surface area contributed by atoms with E-state index >= 15 is 0 Å². The third-order valence-electron chi connectivity index (χ3n) is 3.30. The van der Waals surface area contributed by atoms with E-state index in [1.54, 1.807) is 9.80 Å². The minimum Gasteiger partial charge on any atom is -0.475 e. The molecule has 0 bridgehead atoms. The van der Waals surface area contributed by atoms with Gasteiger partial charge in [0.1, 0.15) is 5.76 Å². The number of carbonyl (C=O) groups excluding carboxylic acids is 2. The van der Waals surface area contributed by atoms with E-state index in [1.807, 2.05) is 0 Å². The Bertz CT molecular complexity index is 546. The maximum Gasteiger partial charge on any atom is 0.371 e. The van der Waals surface area contributed by atoms with E-state index < -0.39 is 5.97 Å². The van der Waals surface area contributed by atoms with Gasteiger partial charge in [-0.15, -0.1) is 0 Å². The molecule has 2 N–H and O–H groups in total. The Morgan fingerprint density at radius 1 is 1.19 bits per heavy atom. The molecule has 3 amide bonds. The third kappa shape index (κ3) is 3.74. The van der Waals surface area contributed by atoms with Gasteiger partial charge in [0.25, 0.3) is 0 Å². The van der Waals surface area contributed by atoms with Crippen molar-refractivity contribution in [3.05, 3.63) is 23.7 Å². The third-order valence-corrected chi connectivity index (χ3v) is 3.30. The van der Waals surface area contributed by atoms with Crippen LogP contribution >= 0.6 is 0 Å². The van der Waals surface area contributed by atoms with Crippen LogP contribution < -0.4 is 5.32 Å². The quantitative estimate of drug-likeness (QED) is 0.837. The van der Waals surface area contributed by atoms with Gasteiger partial charge >= 0.3 is 12.0 Å². The van der Waals surface area contributed by atoms with E-state index in [-0.39, 0.29) is 24.2 Å². The van der Waals surface area contributed by atoms with Crippen molar-refractivity contribution in [1.82, 2.24) is 15.1 Å². The van der Waals surface area contributed by atoms with Crippen molar-refractivity contribution in [3.63, 3.8) is 0 Å². The molecule has 8 nitrogen and oxygen atoms in total. The normalized spacial score (nSPS) is 14.9. The number of piperazine rings is 1. The molecule has 0 radical (unpaired) electrons. The van der Waals surface area contributed by atoms with Gasteiger partial charge in [-0.05, 0) is 12.1 Å². The molecule has 2 heterocycles. The average molecular weight is 295 g/mol. The summed E-state index contributed by atoms with van der Waals surface area (Å²) in [5.41, 5.74) is 0. The number of carboxylic acids is 1. The highest BCUT2D eigenvalue weighted by atomic mass is 16.4. The van der Waals surface area contributed by atoms with E-state index in [9.17, 15) is 14.4 Å². The lowest BCUT2D eigenvalue weighted by atomic mass is 10.3. The topological polar surface area (TPSA) is 103 Å². The second kappa shape index (κ2) is 6.29. The summed E-state index contributed by atoms with van der Waals surface area (Å²) in [6, 6.07) is 2.60. The van der Waals surface area contributed by atoms with E-state index in [2.05, 4.69) is 5.32 Å². The molecule has 0 unspecified atom stereocenters. The molecule has 1 aromatic rings. The molecule has 0 aliphatic carbocycles. The second-order valence-electron chi connectivity index (χ2n) is 4.72. The number of furan rings is 1. The van der Waals surface area contributed by atoms with Gasteiger partial charge in [0.05, 0.1) is 6.54 Å². The molecule has 2 rings (SSSR count). The van der Waals surface area contributed by atoms with Gasteiger partial charge in [0.2, 0.25) is 11.7 Å². The first-order valence-corrected chi connectivity index (χ1v) is 6.57. The Balaban J connectivity index is 1.79. The Kier molecular flexibility index (Phi) is 4.46. The first-order valence-electron chi connectivity index (χ1n) is 6.57. The van der Waals surface area contributed by atoms with Gasteiger partial charge in [0.15, 0.2) is 0 Å². The van der Waals surface area contributed by atoms with Crippen LogP contribution in [0.1, 0.15) is 23.2 Å². The summed E-state index contributed by atoms with van der Waals surface area (Å²) in [7, 11) is 0. The lowest BCUT2D eigenvalue weighted by molar-refractivity contribution is -0.130. The molecule has 0 aromatic carbocycles. The van der Waals surface area contributed by atoms with E-state index in [4.69, 9.17) is 9.52 Å². The van der Waals surface area contributed by atoms with Crippen molar-refractivity contribution in [3.8, 4) is 0 Å². The molecule has 0 atom stereocenters. The van der Waals surface area contributed by atoms with Crippen molar-refractivity contribution in [1.29, 1.82) is 0 Å². The summed E-state index contributed by atoms with van der Waals surface area (Å²) >= 11 is 0. The van der Waals surface area contributed by atoms with E-state index in [0.29, 0.717) is 31.9 Å². The zero-order chi connectivity index (χ0) is 15.4. The molecule has 8 heteroatoms. The summed E-state index contributed by atoms with van der Waals surface area (Å²) in [5, 5.41) is 11.4. The van der Waals surface area contributed by atoms with Gasteiger partial charge in [-0.1, -0.05) is 0 Å². The molecule has 1 fully saturated rings. The van der Waals surface area contributed by atoms with Gasteiger partial charge in [0, 0.05) is 33.1 Å². The van der Waals surface area contributed by atoms with Crippen LogP contribution in [0.15, 0.2) is 16.5 Å². The molecule has 1 aliphatic rings. The van der Waals surface area contributed by atoms with Gasteiger partial charge in [-0.25, -0.2) is 9.59 Å². The highest BCUT2D eigenvalue weighted by molar-refractivity contribution is 5.84. The van der Waals surface area contributed by atoms with Crippen molar-refractivity contribution in [2.45, 2.75) is 13.5 Å². The SMILES string of the molecule is CC(=O)N1CCN(C(=O)NCc2ccc(C(=O)O)o2)CC1. The number of hydrogen-bond donors (Lipinski definition) is 2. The van der Waals surface area contributed by atoms with Crippen molar-refractivity contribution in [2.24, 2.45) is 0 Å². The molecule has 114 valence electrons. The van der Waals surface area contributed by atoms with Crippen LogP contribution in [0.4, 0.5) is 4.79 Å². The molecule has 1 saturated heterocycles. The fourth-order valence-corrected chi connectivity index (χ4v) is 2.09. The van der Waals surface area contributed by atoms with Gasteiger partial charge < -0.3 is 24.6 Å². The lowest BCUT2D eigenvalue weighted by Crippen LogP contribution is -2.52. The smallest absolute Gasteiger partial charge is 0.371 e. The summed E-state index contributed by atoms with van der Waals surface area (Å²) in [6.07, 6.45) is 0. The van der Waals surface area contributed by atoms with Crippen LogP contribution in [-0.4, -0.2) is 59.0 Å². The predicted octanol–water partition coefficient (Wildman–Crippen LogP) is 0.352. The summed E-state index contributed by atoms with van der Waals surface area (Å²) < 4.78 is 5.05. The summed E-state index contributed by atoms with van der Waals surface area (Å²) in [6.45, 7) is 3.62. The second-order valence-corrected chi connectivity index (χ2v) is 4.72. The highest BCUT2D eigenvalue weighted by Gasteiger charge is 2.22. The summed E-state index contributed by atoms with van der Waals surface area (Å²) in [5.74, 6) is -0.919. The van der Waals surface area contributed by atoms with Crippen LogP contribution in [0.25, 0.3) is 0 Å². The molecule has 0 spiro atoms.